The Morgan fingerprint density at radius 2 is 1.71 bits per heavy atom. The normalized spacial score (nSPS) is 11.5. The average molecular weight is 385 g/mol. The summed E-state index contributed by atoms with van der Waals surface area (Å²) in [6.07, 6.45) is 1.76. The van der Waals surface area contributed by atoms with Gasteiger partial charge in [-0.05, 0) is 42.8 Å². The predicted molar refractivity (Wildman–Crippen MR) is 103 cm³/mol. The summed E-state index contributed by atoms with van der Waals surface area (Å²) in [7, 11) is 0. The Bertz CT molecular complexity index is 881. The number of amides is 3. The SMILES string of the molecule is CC(=O)Nc1ccc(/C=C/C(=O)NNC(=O)C(C)Oc2ccccc2F)cc1. The van der Waals surface area contributed by atoms with Gasteiger partial charge in [0.15, 0.2) is 17.7 Å². The molecule has 7 nitrogen and oxygen atoms in total. The molecule has 0 bridgehead atoms. The Kier molecular flexibility index (Phi) is 7.27. The third-order valence-electron chi connectivity index (χ3n) is 3.48. The maximum atomic E-state index is 13.5. The Morgan fingerprint density at radius 1 is 1.04 bits per heavy atom. The zero-order chi connectivity index (χ0) is 20.5. The van der Waals surface area contributed by atoms with Crippen LogP contribution >= 0.6 is 0 Å². The van der Waals surface area contributed by atoms with Crippen LogP contribution in [0.25, 0.3) is 6.08 Å². The molecule has 0 spiro atoms. The first-order chi connectivity index (χ1) is 13.3. The molecule has 1 unspecified atom stereocenters. The Morgan fingerprint density at radius 3 is 2.36 bits per heavy atom. The van der Waals surface area contributed by atoms with Crippen LogP contribution in [0, 0.1) is 5.82 Å². The topological polar surface area (TPSA) is 96.5 Å². The number of rotatable bonds is 6. The lowest BCUT2D eigenvalue weighted by molar-refractivity contribution is -0.131. The quantitative estimate of drug-likeness (QED) is 0.526. The molecule has 2 aromatic rings. The van der Waals surface area contributed by atoms with E-state index in [-0.39, 0.29) is 11.7 Å². The van der Waals surface area contributed by atoms with Gasteiger partial charge in [0.1, 0.15) is 0 Å². The maximum Gasteiger partial charge on any atom is 0.279 e. The van der Waals surface area contributed by atoms with Crippen LogP contribution in [0.4, 0.5) is 10.1 Å². The number of hydrogen-bond donors (Lipinski definition) is 3. The number of anilines is 1. The van der Waals surface area contributed by atoms with Crippen LogP contribution in [0.15, 0.2) is 54.6 Å². The highest BCUT2D eigenvalue weighted by Crippen LogP contribution is 2.16. The minimum atomic E-state index is -1.01. The molecule has 0 aliphatic rings. The van der Waals surface area contributed by atoms with E-state index in [0.717, 1.165) is 5.56 Å². The van der Waals surface area contributed by atoms with Crippen molar-refractivity contribution in [2.75, 3.05) is 5.32 Å². The first kappa shape index (κ1) is 20.6. The van der Waals surface area contributed by atoms with Crippen LogP contribution in [0.3, 0.4) is 0 Å². The molecule has 28 heavy (non-hydrogen) atoms. The molecule has 0 heterocycles. The number of benzene rings is 2. The number of para-hydroxylation sites is 1. The molecule has 0 radical (unpaired) electrons. The van der Waals surface area contributed by atoms with Gasteiger partial charge in [-0.3, -0.25) is 25.2 Å². The fraction of sp³-hybridized carbons (Fsp3) is 0.150. The van der Waals surface area contributed by atoms with Crippen molar-refractivity contribution in [3.05, 3.63) is 66.0 Å². The molecule has 8 heteroatoms. The van der Waals surface area contributed by atoms with Gasteiger partial charge in [0, 0.05) is 18.7 Å². The zero-order valence-electron chi connectivity index (χ0n) is 15.4. The molecular formula is C20H20FN3O4. The summed E-state index contributed by atoms with van der Waals surface area (Å²) in [5.74, 6) is -2.01. The summed E-state index contributed by atoms with van der Waals surface area (Å²) >= 11 is 0. The van der Waals surface area contributed by atoms with Gasteiger partial charge in [-0.1, -0.05) is 24.3 Å². The van der Waals surface area contributed by atoms with Crippen molar-refractivity contribution in [1.29, 1.82) is 0 Å². The molecule has 0 saturated heterocycles. The molecule has 2 aromatic carbocycles. The third kappa shape index (κ3) is 6.56. The molecule has 2 rings (SSSR count). The smallest absolute Gasteiger partial charge is 0.279 e. The maximum absolute atomic E-state index is 13.5. The van der Waals surface area contributed by atoms with Crippen LogP contribution in [0.1, 0.15) is 19.4 Å². The van der Waals surface area contributed by atoms with Gasteiger partial charge in [-0.15, -0.1) is 0 Å². The van der Waals surface area contributed by atoms with Gasteiger partial charge < -0.3 is 10.1 Å². The van der Waals surface area contributed by atoms with Crippen LogP contribution in [0.5, 0.6) is 5.75 Å². The summed E-state index contributed by atoms with van der Waals surface area (Å²) in [4.78, 5) is 34.7. The van der Waals surface area contributed by atoms with E-state index < -0.39 is 23.7 Å². The first-order valence-corrected chi connectivity index (χ1v) is 8.42. The summed E-state index contributed by atoms with van der Waals surface area (Å²) in [6, 6.07) is 12.5. The van der Waals surface area contributed by atoms with Crippen LogP contribution < -0.4 is 20.9 Å². The second-order valence-corrected chi connectivity index (χ2v) is 5.81. The first-order valence-electron chi connectivity index (χ1n) is 8.42. The van der Waals surface area contributed by atoms with E-state index >= 15 is 0 Å². The molecule has 3 N–H and O–H groups in total. The largest absolute Gasteiger partial charge is 0.478 e. The number of ether oxygens (including phenoxy) is 1. The van der Waals surface area contributed by atoms with Crippen molar-refractivity contribution in [2.24, 2.45) is 0 Å². The summed E-state index contributed by atoms with van der Waals surface area (Å²) in [6.45, 7) is 2.84. The average Bonchev–Trinajstić information content (AvgIpc) is 2.66. The van der Waals surface area contributed by atoms with Gasteiger partial charge >= 0.3 is 0 Å². The number of halogens is 1. The number of hydrazine groups is 1. The lowest BCUT2D eigenvalue weighted by Crippen LogP contribution is -2.46. The highest BCUT2D eigenvalue weighted by atomic mass is 19.1. The van der Waals surface area contributed by atoms with Gasteiger partial charge in [0.25, 0.3) is 11.8 Å². The second kappa shape index (κ2) is 9.86. The van der Waals surface area contributed by atoms with Crippen molar-refractivity contribution in [2.45, 2.75) is 20.0 Å². The van der Waals surface area contributed by atoms with E-state index in [0.29, 0.717) is 5.69 Å². The van der Waals surface area contributed by atoms with Crippen LogP contribution in [-0.4, -0.2) is 23.8 Å². The number of carbonyl (C=O) groups is 3. The van der Waals surface area contributed by atoms with Gasteiger partial charge in [0.2, 0.25) is 5.91 Å². The van der Waals surface area contributed by atoms with E-state index in [1.807, 2.05) is 0 Å². The lowest BCUT2D eigenvalue weighted by Gasteiger charge is -2.15. The minimum absolute atomic E-state index is 0.0564. The van der Waals surface area contributed by atoms with E-state index in [1.54, 1.807) is 30.3 Å². The Balaban J connectivity index is 1.81. The highest BCUT2D eigenvalue weighted by Gasteiger charge is 2.16. The third-order valence-corrected chi connectivity index (χ3v) is 3.48. The molecule has 146 valence electrons. The second-order valence-electron chi connectivity index (χ2n) is 5.81. The minimum Gasteiger partial charge on any atom is -0.478 e. The summed E-state index contributed by atoms with van der Waals surface area (Å²) < 4.78 is 18.7. The summed E-state index contributed by atoms with van der Waals surface area (Å²) in [5, 5.41) is 2.64. The molecule has 3 amide bonds. The number of hydrogen-bond acceptors (Lipinski definition) is 4. The van der Waals surface area contributed by atoms with E-state index in [4.69, 9.17) is 4.74 Å². The van der Waals surface area contributed by atoms with Crippen LogP contribution in [0.2, 0.25) is 0 Å². The van der Waals surface area contributed by atoms with Crippen molar-refractivity contribution in [3.8, 4) is 5.75 Å². The van der Waals surface area contributed by atoms with Gasteiger partial charge in [-0.25, -0.2) is 4.39 Å². The highest BCUT2D eigenvalue weighted by molar-refractivity contribution is 5.93. The van der Waals surface area contributed by atoms with Crippen molar-refractivity contribution >= 4 is 29.5 Å². The monoisotopic (exact) mass is 385 g/mol. The number of nitrogens with one attached hydrogen (secondary N) is 3. The standard InChI is InChI=1S/C20H20FN3O4/c1-13(28-18-6-4-3-5-17(18)21)20(27)24-23-19(26)12-9-15-7-10-16(11-8-15)22-14(2)25/h3-13H,1-2H3,(H,22,25)(H,23,26)(H,24,27)/b12-9+. The molecule has 0 aliphatic carbocycles. The Hall–Kier alpha value is -3.68. The van der Waals surface area contributed by atoms with E-state index in [1.165, 1.54) is 44.2 Å². The van der Waals surface area contributed by atoms with Gasteiger partial charge in [0.05, 0.1) is 0 Å². The lowest BCUT2D eigenvalue weighted by atomic mass is 10.2. The predicted octanol–water partition coefficient (Wildman–Crippen LogP) is 2.41. The fourth-order valence-corrected chi connectivity index (χ4v) is 2.10. The van der Waals surface area contributed by atoms with Crippen molar-refractivity contribution < 1.29 is 23.5 Å². The van der Waals surface area contributed by atoms with E-state index in [2.05, 4.69) is 16.2 Å². The van der Waals surface area contributed by atoms with Gasteiger partial charge in [-0.2, -0.15) is 0 Å². The van der Waals surface area contributed by atoms with Crippen molar-refractivity contribution in [3.63, 3.8) is 0 Å². The molecule has 0 aromatic heterocycles. The molecule has 1 atom stereocenters. The molecule has 0 fully saturated rings. The van der Waals surface area contributed by atoms with Crippen molar-refractivity contribution in [1.82, 2.24) is 10.9 Å². The Labute approximate surface area is 161 Å². The molecule has 0 saturated carbocycles. The number of carbonyl (C=O) groups excluding carboxylic acids is 3. The van der Waals surface area contributed by atoms with E-state index in [9.17, 15) is 18.8 Å². The summed E-state index contributed by atoms with van der Waals surface area (Å²) in [5.41, 5.74) is 5.79. The zero-order valence-corrected chi connectivity index (χ0v) is 15.4. The van der Waals surface area contributed by atoms with Crippen LogP contribution in [-0.2, 0) is 14.4 Å². The fourth-order valence-electron chi connectivity index (χ4n) is 2.10. The molecule has 0 aliphatic heterocycles. The molecular weight excluding hydrogens is 365 g/mol.